The van der Waals surface area contributed by atoms with Crippen LogP contribution in [0.3, 0.4) is 0 Å². The van der Waals surface area contributed by atoms with Gasteiger partial charge in [0.15, 0.2) is 0 Å². The van der Waals surface area contributed by atoms with Gasteiger partial charge in [0.2, 0.25) is 0 Å². The number of halogens is 1. The Morgan fingerprint density at radius 2 is 2.31 bits per heavy atom. The topological polar surface area (TPSA) is 16.1 Å². The van der Waals surface area contributed by atoms with Crippen LogP contribution >= 0.6 is 22.9 Å². The van der Waals surface area contributed by atoms with Crippen LogP contribution in [0, 0.1) is 0 Å². The molecule has 1 aromatic rings. The van der Waals surface area contributed by atoms with Gasteiger partial charge in [-0.05, 0) is 25.8 Å². The summed E-state index contributed by atoms with van der Waals surface area (Å²) in [5.41, 5.74) is 1.02. The molecule has 0 radical (unpaired) electrons. The molecule has 1 saturated carbocycles. The molecular weight excluding hydrogens is 240 g/mol. The molecule has 0 amide bonds. The lowest BCUT2D eigenvalue weighted by Crippen LogP contribution is -2.29. The summed E-state index contributed by atoms with van der Waals surface area (Å²) in [6.07, 6.45) is 5.12. The molecule has 4 heteroatoms. The minimum Gasteiger partial charge on any atom is -0.300 e. The van der Waals surface area contributed by atoms with Crippen molar-refractivity contribution in [3.63, 3.8) is 0 Å². The number of hydrogen-bond acceptors (Lipinski definition) is 3. The summed E-state index contributed by atoms with van der Waals surface area (Å²) in [5, 5.41) is 3.31. The molecule has 0 bridgehead atoms. The quantitative estimate of drug-likeness (QED) is 0.698. The second-order valence-corrected chi connectivity index (χ2v) is 5.59. The highest BCUT2D eigenvalue weighted by Crippen LogP contribution is 2.27. The second kappa shape index (κ2) is 5.99. The Hall–Kier alpha value is -0.120. The molecule has 2 nitrogen and oxygen atoms in total. The van der Waals surface area contributed by atoms with Crippen molar-refractivity contribution in [1.29, 1.82) is 0 Å². The smallest absolute Gasteiger partial charge is 0.0941 e. The first-order valence-electron chi connectivity index (χ1n) is 6.06. The zero-order chi connectivity index (χ0) is 11.4. The Bertz CT molecular complexity index is 323. The summed E-state index contributed by atoms with van der Waals surface area (Å²) >= 11 is 7.49. The number of aromatic nitrogens is 1. The maximum absolute atomic E-state index is 5.75. The van der Waals surface area contributed by atoms with E-state index >= 15 is 0 Å². The van der Waals surface area contributed by atoms with Crippen LogP contribution in [-0.2, 0) is 12.3 Å². The van der Waals surface area contributed by atoms with Gasteiger partial charge >= 0.3 is 0 Å². The largest absolute Gasteiger partial charge is 0.300 e. The van der Waals surface area contributed by atoms with Gasteiger partial charge in [0, 0.05) is 24.4 Å². The van der Waals surface area contributed by atoms with E-state index in [4.69, 9.17) is 11.6 Å². The highest BCUT2D eigenvalue weighted by atomic mass is 35.5. The van der Waals surface area contributed by atoms with E-state index in [1.54, 1.807) is 11.3 Å². The third-order valence-corrected chi connectivity index (χ3v) is 4.15. The van der Waals surface area contributed by atoms with Gasteiger partial charge < -0.3 is 0 Å². The molecule has 1 aliphatic rings. The van der Waals surface area contributed by atoms with Crippen molar-refractivity contribution >= 4 is 22.9 Å². The molecule has 16 heavy (non-hydrogen) atoms. The molecular formula is C12H19ClN2S. The molecule has 90 valence electrons. The molecule has 1 fully saturated rings. The molecule has 1 heterocycles. The van der Waals surface area contributed by atoms with Crippen molar-refractivity contribution in [3.8, 4) is 0 Å². The summed E-state index contributed by atoms with van der Waals surface area (Å²) in [6, 6.07) is 0.868. The average Bonchev–Trinajstić information content (AvgIpc) is 3.03. The average molecular weight is 259 g/mol. The molecule has 1 aromatic heterocycles. The first-order valence-corrected chi connectivity index (χ1v) is 7.48. The van der Waals surface area contributed by atoms with E-state index in [-0.39, 0.29) is 0 Å². The number of alkyl halides is 1. The Balaban J connectivity index is 1.80. The minimum atomic E-state index is 0.539. The van der Waals surface area contributed by atoms with Crippen molar-refractivity contribution in [2.24, 2.45) is 0 Å². The van der Waals surface area contributed by atoms with Crippen LogP contribution < -0.4 is 0 Å². The molecule has 0 unspecified atom stereocenters. The van der Waals surface area contributed by atoms with E-state index in [0.717, 1.165) is 24.7 Å². The highest BCUT2D eigenvalue weighted by Gasteiger charge is 2.27. The number of nitrogens with zero attached hydrogens (tertiary/aromatic N) is 2. The van der Waals surface area contributed by atoms with E-state index < -0.39 is 0 Å². The molecule has 0 spiro atoms. The number of rotatable bonds is 7. The summed E-state index contributed by atoms with van der Waals surface area (Å²) in [4.78, 5) is 7.11. The summed E-state index contributed by atoms with van der Waals surface area (Å²) < 4.78 is 0. The van der Waals surface area contributed by atoms with Crippen LogP contribution in [0.5, 0.6) is 0 Å². The van der Waals surface area contributed by atoms with Gasteiger partial charge in [-0.3, -0.25) is 4.90 Å². The summed E-state index contributed by atoms with van der Waals surface area (Å²) in [5.74, 6) is 0.539. The zero-order valence-electron chi connectivity index (χ0n) is 9.79. The molecule has 0 aromatic carbocycles. The normalized spacial score (nSPS) is 15.9. The van der Waals surface area contributed by atoms with Gasteiger partial charge in [-0.25, -0.2) is 4.98 Å². The maximum atomic E-state index is 5.75. The summed E-state index contributed by atoms with van der Waals surface area (Å²) in [6.45, 7) is 4.65. The second-order valence-electron chi connectivity index (χ2n) is 4.38. The van der Waals surface area contributed by atoms with E-state index in [0.29, 0.717) is 5.88 Å². The standard InChI is InChI=1S/C12H19ClN2S/c1-2-6-15(11-3-4-11)7-5-12-14-10(8-13)9-16-12/h9,11H,2-8H2,1H3. The molecule has 0 atom stereocenters. The predicted molar refractivity (Wildman–Crippen MR) is 70.3 cm³/mol. The third-order valence-electron chi connectivity index (χ3n) is 2.92. The van der Waals surface area contributed by atoms with Crippen molar-refractivity contribution in [1.82, 2.24) is 9.88 Å². The minimum absolute atomic E-state index is 0.539. The number of thiazole rings is 1. The van der Waals surface area contributed by atoms with Gasteiger partial charge in [0.25, 0.3) is 0 Å². The van der Waals surface area contributed by atoms with Crippen molar-refractivity contribution in [3.05, 3.63) is 16.1 Å². The van der Waals surface area contributed by atoms with E-state index in [9.17, 15) is 0 Å². The monoisotopic (exact) mass is 258 g/mol. The maximum Gasteiger partial charge on any atom is 0.0941 e. The Morgan fingerprint density at radius 3 is 2.88 bits per heavy atom. The van der Waals surface area contributed by atoms with Crippen LogP contribution in [0.4, 0.5) is 0 Å². The fraction of sp³-hybridized carbons (Fsp3) is 0.750. The molecule has 2 rings (SSSR count). The van der Waals surface area contributed by atoms with Crippen LogP contribution in [0.25, 0.3) is 0 Å². The fourth-order valence-corrected chi connectivity index (χ4v) is 2.98. The first kappa shape index (κ1) is 12.3. The number of hydrogen-bond donors (Lipinski definition) is 0. The lowest BCUT2D eigenvalue weighted by atomic mass is 10.3. The SMILES string of the molecule is CCCN(CCc1nc(CCl)cs1)C1CC1. The zero-order valence-corrected chi connectivity index (χ0v) is 11.4. The molecule has 0 saturated heterocycles. The van der Waals surface area contributed by atoms with Gasteiger partial charge in [-0.2, -0.15) is 0 Å². The van der Waals surface area contributed by atoms with Gasteiger partial charge in [0.1, 0.15) is 0 Å². The van der Waals surface area contributed by atoms with Gasteiger partial charge in [-0.1, -0.05) is 6.92 Å². The third kappa shape index (κ3) is 3.44. The van der Waals surface area contributed by atoms with Crippen LogP contribution in [0.1, 0.15) is 36.9 Å². The molecule has 1 aliphatic carbocycles. The lowest BCUT2D eigenvalue weighted by Gasteiger charge is -2.20. The molecule has 0 aliphatic heterocycles. The predicted octanol–water partition coefficient (Wildman–Crippen LogP) is 3.30. The van der Waals surface area contributed by atoms with Crippen LogP contribution in [-0.4, -0.2) is 29.0 Å². The van der Waals surface area contributed by atoms with Gasteiger partial charge in [-0.15, -0.1) is 22.9 Å². The van der Waals surface area contributed by atoms with E-state index in [1.807, 2.05) is 0 Å². The van der Waals surface area contributed by atoms with Crippen molar-refractivity contribution in [2.75, 3.05) is 13.1 Å². The lowest BCUT2D eigenvalue weighted by molar-refractivity contribution is 0.267. The highest BCUT2D eigenvalue weighted by molar-refractivity contribution is 7.09. The fourth-order valence-electron chi connectivity index (χ4n) is 1.97. The van der Waals surface area contributed by atoms with Crippen molar-refractivity contribution in [2.45, 2.75) is 44.5 Å². The van der Waals surface area contributed by atoms with E-state index in [1.165, 1.54) is 30.8 Å². The van der Waals surface area contributed by atoms with Gasteiger partial charge in [0.05, 0.1) is 16.6 Å². The Morgan fingerprint density at radius 1 is 1.50 bits per heavy atom. The first-order chi connectivity index (χ1) is 7.83. The van der Waals surface area contributed by atoms with Crippen molar-refractivity contribution < 1.29 is 0 Å². The Kier molecular flexibility index (Phi) is 4.62. The molecule has 0 N–H and O–H groups in total. The van der Waals surface area contributed by atoms with Crippen LogP contribution in [0.15, 0.2) is 5.38 Å². The summed E-state index contributed by atoms with van der Waals surface area (Å²) in [7, 11) is 0. The van der Waals surface area contributed by atoms with E-state index in [2.05, 4.69) is 22.2 Å². The Labute approximate surface area is 107 Å². The van der Waals surface area contributed by atoms with Crippen LogP contribution in [0.2, 0.25) is 0 Å².